The summed E-state index contributed by atoms with van der Waals surface area (Å²) in [5.74, 6) is -0.0414. The van der Waals surface area contributed by atoms with Crippen molar-refractivity contribution in [2.45, 2.75) is 58.7 Å². The second kappa shape index (κ2) is 12.6. The molecule has 3 amide bonds. The van der Waals surface area contributed by atoms with Crippen LogP contribution < -0.4 is 10.6 Å². The van der Waals surface area contributed by atoms with E-state index >= 15 is 0 Å². The molecule has 2 atom stereocenters. The van der Waals surface area contributed by atoms with Crippen LogP contribution in [0.3, 0.4) is 0 Å². The molecule has 0 bridgehead atoms. The van der Waals surface area contributed by atoms with E-state index in [0.717, 1.165) is 11.1 Å². The minimum Gasteiger partial charge on any atom is -0.444 e. The standard InChI is InChI=1S/C27H37N3O4S/c1-18-12-14-20(15-13-18)23(24(31)28-21-11-9-8-10-19(21)2)30(6)25(32)22(16-17-35-7)29-26(33)34-27(3,4)5/h8-15,22-23H,16-17H2,1-7H3,(H,28,31)(H,29,33). The molecule has 0 spiro atoms. The zero-order valence-corrected chi connectivity index (χ0v) is 22.5. The minimum absolute atomic E-state index is 0.333. The number of nitrogens with one attached hydrogen (secondary N) is 2. The van der Waals surface area contributed by atoms with Crippen LogP contribution in [0.4, 0.5) is 10.5 Å². The molecule has 2 aromatic carbocycles. The number of rotatable bonds is 9. The number of carbonyl (C=O) groups is 3. The van der Waals surface area contributed by atoms with Crippen molar-refractivity contribution in [3.05, 3.63) is 65.2 Å². The van der Waals surface area contributed by atoms with Crippen molar-refractivity contribution in [3.63, 3.8) is 0 Å². The molecule has 2 N–H and O–H groups in total. The fourth-order valence-corrected chi connectivity index (χ4v) is 4.00. The highest BCUT2D eigenvalue weighted by molar-refractivity contribution is 7.98. The number of nitrogens with zero attached hydrogens (tertiary/aromatic N) is 1. The van der Waals surface area contributed by atoms with Gasteiger partial charge in [0.25, 0.3) is 5.91 Å². The van der Waals surface area contributed by atoms with Crippen LogP contribution >= 0.6 is 11.8 Å². The monoisotopic (exact) mass is 499 g/mol. The summed E-state index contributed by atoms with van der Waals surface area (Å²) in [6, 6.07) is 13.3. The van der Waals surface area contributed by atoms with Gasteiger partial charge in [-0.25, -0.2) is 4.79 Å². The summed E-state index contributed by atoms with van der Waals surface area (Å²) in [5.41, 5.74) is 2.63. The largest absolute Gasteiger partial charge is 0.444 e. The van der Waals surface area contributed by atoms with Crippen LogP contribution in [-0.4, -0.2) is 53.5 Å². The molecule has 0 saturated heterocycles. The molecule has 0 heterocycles. The number of alkyl carbamates (subject to hydrolysis) is 1. The zero-order chi connectivity index (χ0) is 26.2. The van der Waals surface area contributed by atoms with Gasteiger partial charge in [0.15, 0.2) is 0 Å². The molecule has 190 valence electrons. The fourth-order valence-electron chi connectivity index (χ4n) is 3.53. The van der Waals surface area contributed by atoms with E-state index in [-0.39, 0.29) is 11.8 Å². The third-order valence-electron chi connectivity index (χ3n) is 5.38. The molecule has 0 aliphatic heterocycles. The number of carbonyl (C=O) groups excluding carboxylic acids is 3. The van der Waals surface area contributed by atoms with Crippen molar-refractivity contribution in [1.82, 2.24) is 10.2 Å². The quantitative estimate of drug-likeness (QED) is 0.502. The van der Waals surface area contributed by atoms with Crippen LogP contribution in [0.2, 0.25) is 0 Å². The highest BCUT2D eigenvalue weighted by Gasteiger charge is 2.34. The maximum atomic E-state index is 13.6. The first-order valence-corrected chi connectivity index (χ1v) is 13.0. The van der Waals surface area contributed by atoms with E-state index in [1.807, 2.05) is 68.6 Å². The Labute approximate surface area is 213 Å². The molecular formula is C27H37N3O4S. The van der Waals surface area contributed by atoms with Crippen molar-refractivity contribution in [1.29, 1.82) is 0 Å². The Bertz CT molecular complexity index is 1020. The van der Waals surface area contributed by atoms with E-state index in [2.05, 4.69) is 10.6 Å². The predicted molar refractivity (Wildman–Crippen MR) is 143 cm³/mol. The second-order valence-electron chi connectivity index (χ2n) is 9.55. The number of ether oxygens (including phenoxy) is 1. The maximum Gasteiger partial charge on any atom is 0.408 e. The summed E-state index contributed by atoms with van der Waals surface area (Å²) in [4.78, 5) is 41.0. The molecule has 0 aliphatic rings. The Hall–Kier alpha value is -3.00. The summed E-state index contributed by atoms with van der Waals surface area (Å²) in [6.45, 7) is 9.17. The average Bonchev–Trinajstić information content (AvgIpc) is 2.78. The first-order valence-electron chi connectivity index (χ1n) is 11.6. The summed E-state index contributed by atoms with van der Waals surface area (Å²) in [6.07, 6.45) is 1.68. The molecule has 35 heavy (non-hydrogen) atoms. The Morgan fingerprint density at radius 2 is 1.66 bits per heavy atom. The predicted octanol–water partition coefficient (Wildman–Crippen LogP) is 5.09. The van der Waals surface area contributed by atoms with Crippen LogP contribution in [0.15, 0.2) is 48.5 Å². The van der Waals surface area contributed by atoms with Gasteiger partial charge in [-0.15, -0.1) is 0 Å². The molecule has 2 unspecified atom stereocenters. The normalized spacial score (nSPS) is 12.9. The first kappa shape index (κ1) is 28.2. The van der Waals surface area contributed by atoms with Gasteiger partial charge in [0, 0.05) is 12.7 Å². The topological polar surface area (TPSA) is 87.7 Å². The van der Waals surface area contributed by atoms with Gasteiger partial charge >= 0.3 is 6.09 Å². The molecule has 2 aromatic rings. The van der Waals surface area contributed by atoms with Gasteiger partial charge in [0.2, 0.25) is 5.91 Å². The fraction of sp³-hybridized carbons (Fsp3) is 0.444. The lowest BCUT2D eigenvalue weighted by Gasteiger charge is -2.32. The van der Waals surface area contributed by atoms with E-state index in [0.29, 0.717) is 23.4 Å². The van der Waals surface area contributed by atoms with Crippen molar-refractivity contribution in [2.24, 2.45) is 0 Å². The van der Waals surface area contributed by atoms with E-state index < -0.39 is 23.8 Å². The van der Waals surface area contributed by atoms with E-state index in [1.165, 1.54) is 4.90 Å². The third kappa shape index (κ3) is 8.62. The van der Waals surface area contributed by atoms with Gasteiger partial charge in [-0.05, 0) is 70.2 Å². The Kier molecular flexibility index (Phi) is 10.2. The number of hydrogen-bond donors (Lipinski definition) is 2. The molecule has 0 fully saturated rings. The number of amides is 3. The highest BCUT2D eigenvalue weighted by Crippen LogP contribution is 2.25. The summed E-state index contributed by atoms with van der Waals surface area (Å²) in [5, 5.41) is 5.67. The number of aryl methyl sites for hydroxylation is 2. The molecule has 0 aromatic heterocycles. The van der Waals surface area contributed by atoms with Crippen LogP contribution in [0.1, 0.15) is 49.9 Å². The second-order valence-corrected chi connectivity index (χ2v) is 10.5. The van der Waals surface area contributed by atoms with Gasteiger partial charge < -0.3 is 20.3 Å². The summed E-state index contributed by atoms with van der Waals surface area (Å²) in [7, 11) is 1.59. The van der Waals surface area contributed by atoms with Crippen molar-refractivity contribution in [2.75, 3.05) is 24.4 Å². The summed E-state index contributed by atoms with van der Waals surface area (Å²) < 4.78 is 5.37. The van der Waals surface area contributed by atoms with Crippen LogP contribution in [0.5, 0.6) is 0 Å². The Morgan fingerprint density at radius 1 is 1.03 bits per heavy atom. The van der Waals surface area contributed by atoms with Gasteiger partial charge in [-0.1, -0.05) is 48.0 Å². The lowest BCUT2D eigenvalue weighted by atomic mass is 10.0. The number of hydrogen-bond acceptors (Lipinski definition) is 5. The van der Waals surface area contributed by atoms with E-state index in [9.17, 15) is 14.4 Å². The molecule has 8 heteroatoms. The van der Waals surface area contributed by atoms with Crippen LogP contribution in [0, 0.1) is 13.8 Å². The van der Waals surface area contributed by atoms with Gasteiger partial charge in [-0.2, -0.15) is 11.8 Å². The molecule has 0 radical (unpaired) electrons. The number of likely N-dealkylation sites (N-methyl/N-ethyl adjacent to an activating group) is 1. The number of anilines is 1. The number of thioether (sulfide) groups is 1. The Morgan fingerprint density at radius 3 is 2.23 bits per heavy atom. The van der Waals surface area contributed by atoms with Crippen molar-refractivity contribution < 1.29 is 19.1 Å². The van der Waals surface area contributed by atoms with Gasteiger partial charge in [0.1, 0.15) is 17.7 Å². The lowest BCUT2D eigenvalue weighted by Crippen LogP contribution is -2.51. The minimum atomic E-state index is -0.889. The average molecular weight is 500 g/mol. The van der Waals surface area contributed by atoms with Crippen LogP contribution in [-0.2, 0) is 14.3 Å². The summed E-state index contributed by atoms with van der Waals surface area (Å²) >= 11 is 1.57. The third-order valence-corrected chi connectivity index (χ3v) is 6.02. The highest BCUT2D eigenvalue weighted by atomic mass is 32.2. The van der Waals surface area contributed by atoms with E-state index in [4.69, 9.17) is 4.74 Å². The number of benzene rings is 2. The molecule has 7 nitrogen and oxygen atoms in total. The maximum absolute atomic E-state index is 13.6. The van der Waals surface area contributed by atoms with Gasteiger partial charge in [0.05, 0.1) is 0 Å². The van der Waals surface area contributed by atoms with Crippen LogP contribution in [0.25, 0.3) is 0 Å². The van der Waals surface area contributed by atoms with E-state index in [1.54, 1.807) is 39.6 Å². The first-order chi connectivity index (χ1) is 16.4. The van der Waals surface area contributed by atoms with Crippen molar-refractivity contribution in [3.8, 4) is 0 Å². The SMILES string of the molecule is CSCCC(NC(=O)OC(C)(C)C)C(=O)N(C)C(C(=O)Nc1ccccc1C)c1ccc(C)cc1. The molecule has 2 rings (SSSR count). The number of para-hydroxylation sites is 1. The smallest absolute Gasteiger partial charge is 0.408 e. The van der Waals surface area contributed by atoms with Gasteiger partial charge in [-0.3, -0.25) is 9.59 Å². The molecule has 0 saturated carbocycles. The molecular weight excluding hydrogens is 462 g/mol. The zero-order valence-electron chi connectivity index (χ0n) is 21.7. The molecule has 0 aliphatic carbocycles. The lowest BCUT2D eigenvalue weighted by molar-refractivity contribution is -0.139. The van der Waals surface area contributed by atoms with Crippen molar-refractivity contribution >= 4 is 35.4 Å². The Balaban J connectivity index is 2.35.